The van der Waals surface area contributed by atoms with Gasteiger partial charge in [0.1, 0.15) is 0 Å². The van der Waals surface area contributed by atoms with E-state index in [4.69, 9.17) is 0 Å². The highest BCUT2D eigenvalue weighted by atomic mass is 32.2. The second kappa shape index (κ2) is 9.26. The number of likely N-dealkylation sites (N-methyl/N-ethyl adjacent to an activating group) is 1. The van der Waals surface area contributed by atoms with Crippen LogP contribution in [0.25, 0.3) is 0 Å². The minimum absolute atomic E-state index is 0.00435. The van der Waals surface area contributed by atoms with E-state index < -0.39 is 10.0 Å². The molecule has 1 fully saturated rings. The average Bonchev–Trinajstić information content (AvgIpc) is 2.55. The summed E-state index contributed by atoms with van der Waals surface area (Å²) < 4.78 is 25.3. The Hall–Kier alpha value is -1.51. The van der Waals surface area contributed by atoms with E-state index in [9.17, 15) is 13.2 Å². The van der Waals surface area contributed by atoms with E-state index in [1.807, 2.05) is 30.1 Å². The third-order valence-corrected chi connectivity index (χ3v) is 5.70. The third kappa shape index (κ3) is 6.72. The quantitative estimate of drug-likeness (QED) is 0.735. The molecule has 0 unspecified atom stereocenters. The number of hydrogen-bond donors (Lipinski definition) is 1. The van der Waals surface area contributed by atoms with Crippen molar-refractivity contribution in [3.05, 3.63) is 30.1 Å². The van der Waals surface area contributed by atoms with Gasteiger partial charge in [-0.1, -0.05) is 12.5 Å². The van der Waals surface area contributed by atoms with Crippen LogP contribution in [0.3, 0.4) is 0 Å². The number of carbonyl (C=O) groups excluding carboxylic acids is 1. The van der Waals surface area contributed by atoms with Crippen molar-refractivity contribution >= 4 is 15.9 Å². The fourth-order valence-electron chi connectivity index (χ4n) is 3.20. The van der Waals surface area contributed by atoms with Gasteiger partial charge < -0.3 is 5.32 Å². The molecule has 0 bridgehead atoms. The molecule has 1 aliphatic heterocycles. The van der Waals surface area contributed by atoms with Crippen LogP contribution in [0.4, 0.5) is 0 Å². The predicted octanol–water partition coefficient (Wildman–Crippen LogP) is 0.834. The summed E-state index contributed by atoms with van der Waals surface area (Å²) in [6, 6.07) is 5.71. The number of aromatic nitrogens is 1. The standard InChI is InChI=1S/C17H28N4O3S/c1-20(13-15-7-3-5-10-18-15)14-17(22)19-11-9-16-8-4-6-12-21(16)25(2,23)24/h3,5,7,10,16H,4,6,8-9,11-14H2,1-2H3,(H,19,22)/t16-/m0/s1. The topological polar surface area (TPSA) is 82.6 Å². The van der Waals surface area contributed by atoms with Crippen LogP contribution < -0.4 is 5.32 Å². The van der Waals surface area contributed by atoms with E-state index in [1.165, 1.54) is 6.26 Å². The lowest BCUT2D eigenvalue weighted by atomic mass is 10.0. The van der Waals surface area contributed by atoms with Gasteiger partial charge in [-0.25, -0.2) is 8.42 Å². The molecule has 8 heteroatoms. The zero-order valence-corrected chi connectivity index (χ0v) is 15.8. The summed E-state index contributed by atoms with van der Waals surface area (Å²) in [6.07, 6.45) is 6.47. The molecule has 0 spiro atoms. The Morgan fingerprint density at radius 3 is 2.88 bits per heavy atom. The van der Waals surface area contributed by atoms with Crippen molar-refractivity contribution < 1.29 is 13.2 Å². The molecule has 1 aliphatic rings. The number of hydrogen-bond acceptors (Lipinski definition) is 5. The molecule has 0 saturated carbocycles. The zero-order valence-electron chi connectivity index (χ0n) is 15.0. The molecule has 1 N–H and O–H groups in total. The molecule has 1 saturated heterocycles. The maximum atomic E-state index is 12.1. The molecular weight excluding hydrogens is 340 g/mol. The highest BCUT2D eigenvalue weighted by Crippen LogP contribution is 2.21. The first kappa shape index (κ1) is 19.8. The van der Waals surface area contributed by atoms with Crippen LogP contribution in [0.15, 0.2) is 24.4 Å². The highest BCUT2D eigenvalue weighted by Gasteiger charge is 2.28. The Labute approximate surface area is 150 Å². The number of piperidine rings is 1. The van der Waals surface area contributed by atoms with Gasteiger partial charge in [0.05, 0.1) is 18.5 Å². The largest absolute Gasteiger partial charge is 0.355 e. The molecule has 1 amide bonds. The highest BCUT2D eigenvalue weighted by molar-refractivity contribution is 7.88. The van der Waals surface area contributed by atoms with Gasteiger partial charge in [-0.2, -0.15) is 4.31 Å². The van der Waals surface area contributed by atoms with Crippen LogP contribution in [0.1, 0.15) is 31.4 Å². The van der Waals surface area contributed by atoms with Crippen LogP contribution in [0.2, 0.25) is 0 Å². The summed E-state index contributed by atoms with van der Waals surface area (Å²) in [6.45, 7) is 1.98. The van der Waals surface area contributed by atoms with E-state index in [-0.39, 0.29) is 18.5 Å². The van der Waals surface area contributed by atoms with Crippen LogP contribution in [0, 0.1) is 0 Å². The second-order valence-corrected chi connectivity index (χ2v) is 8.59. The first-order chi connectivity index (χ1) is 11.9. The van der Waals surface area contributed by atoms with Gasteiger partial charge in [0.2, 0.25) is 15.9 Å². The Morgan fingerprint density at radius 1 is 1.40 bits per heavy atom. The van der Waals surface area contributed by atoms with E-state index in [0.717, 1.165) is 25.0 Å². The molecule has 1 atom stereocenters. The van der Waals surface area contributed by atoms with E-state index in [1.54, 1.807) is 10.5 Å². The summed E-state index contributed by atoms with van der Waals surface area (Å²) in [7, 11) is -1.30. The minimum atomic E-state index is -3.17. The number of amides is 1. The van der Waals surface area contributed by atoms with Gasteiger partial charge in [-0.05, 0) is 38.4 Å². The molecule has 1 aromatic rings. The fraction of sp³-hybridized carbons (Fsp3) is 0.647. The maximum Gasteiger partial charge on any atom is 0.234 e. The first-order valence-corrected chi connectivity index (χ1v) is 10.5. The summed E-state index contributed by atoms with van der Waals surface area (Å²) in [5, 5.41) is 2.90. The minimum Gasteiger partial charge on any atom is -0.355 e. The molecule has 25 heavy (non-hydrogen) atoms. The van der Waals surface area contributed by atoms with E-state index >= 15 is 0 Å². The van der Waals surface area contributed by atoms with Gasteiger partial charge >= 0.3 is 0 Å². The predicted molar refractivity (Wildman–Crippen MR) is 97.4 cm³/mol. The summed E-state index contributed by atoms with van der Waals surface area (Å²) in [5.74, 6) is -0.0554. The Bertz CT molecular complexity index is 651. The number of rotatable bonds is 8. The van der Waals surface area contributed by atoms with Crippen LogP contribution >= 0.6 is 0 Å². The number of pyridine rings is 1. The molecule has 2 rings (SSSR count). The van der Waals surface area contributed by atoms with Crippen molar-refractivity contribution in [2.45, 2.75) is 38.3 Å². The lowest BCUT2D eigenvalue weighted by Gasteiger charge is -2.33. The maximum absolute atomic E-state index is 12.1. The number of nitrogens with one attached hydrogen (secondary N) is 1. The molecule has 7 nitrogen and oxygen atoms in total. The summed E-state index contributed by atoms with van der Waals surface area (Å²) in [5.41, 5.74) is 0.920. The van der Waals surface area contributed by atoms with E-state index in [0.29, 0.717) is 26.1 Å². The average molecular weight is 369 g/mol. The zero-order chi connectivity index (χ0) is 18.3. The molecule has 2 heterocycles. The van der Waals surface area contributed by atoms with Crippen LogP contribution in [0.5, 0.6) is 0 Å². The third-order valence-electron chi connectivity index (χ3n) is 4.37. The van der Waals surface area contributed by atoms with Gasteiger partial charge in [-0.3, -0.25) is 14.7 Å². The number of nitrogens with zero attached hydrogens (tertiary/aromatic N) is 3. The molecule has 140 valence electrons. The van der Waals surface area contributed by atoms with Crippen molar-refractivity contribution in [3.63, 3.8) is 0 Å². The van der Waals surface area contributed by atoms with Crippen molar-refractivity contribution in [1.29, 1.82) is 0 Å². The Balaban J connectivity index is 1.72. The first-order valence-electron chi connectivity index (χ1n) is 8.68. The lowest BCUT2D eigenvalue weighted by Crippen LogP contribution is -2.45. The molecule has 0 aromatic carbocycles. The molecular formula is C17H28N4O3S. The van der Waals surface area contributed by atoms with Gasteiger partial charge in [0, 0.05) is 31.9 Å². The monoisotopic (exact) mass is 368 g/mol. The van der Waals surface area contributed by atoms with Crippen LogP contribution in [-0.2, 0) is 21.4 Å². The van der Waals surface area contributed by atoms with Crippen LogP contribution in [-0.4, -0.2) is 67.5 Å². The number of sulfonamides is 1. The molecule has 0 aliphatic carbocycles. The SMILES string of the molecule is CN(CC(=O)NCC[C@@H]1CCCCN1S(C)(=O)=O)Cc1ccccn1. The Kier molecular flexibility index (Phi) is 7.34. The van der Waals surface area contributed by atoms with Crippen molar-refractivity contribution in [2.75, 3.05) is 32.9 Å². The smallest absolute Gasteiger partial charge is 0.234 e. The van der Waals surface area contributed by atoms with Crippen molar-refractivity contribution in [3.8, 4) is 0 Å². The lowest BCUT2D eigenvalue weighted by molar-refractivity contribution is -0.122. The van der Waals surface area contributed by atoms with Crippen molar-refractivity contribution in [1.82, 2.24) is 19.5 Å². The fourth-order valence-corrected chi connectivity index (χ4v) is 4.42. The number of carbonyl (C=O) groups is 1. The normalized spacial score (nSPS) is 19.1. The van der Waals surface area contributed by atoms with Gasteiger partial charge in [-0.15, -0.1) is 0 Å². The molecule has 0 radical (unpaired) electrons. The molecule has 1 aromatic heterocycles. The second-order valence-electron chi connectivity index (χ2n) is 6.66. The van der Waals surface area contributed by atoms with Gasteiger partial charge in [0.15, 0.2) is 0 Å². The summed E-state index contributed by atoms with van der Waals surface area (Å²) in [4.78, 5) is 18.2. The summed E-state index contributed by atoms with van der Waals surface area (Å²) >= 11 is 0. The van der Waals surface area contributed by atoms with Crippen molar-refractivity contribution in [2.24, 2.45) is 0 Å². The van der Waals surface area contributed by atoms with E-state index in [2.05, 4.69) is 10.3 Å². The Morgan fingerprint density at radius 2 is 2.20 bits per heavy atom. The van der Waals surface area contributed by atoms with Gasteiger partial charge in [0.25, 0.3) is 0 Å².